The van der Waals surface area contributed by atoms with Crippen LogP contribution in [0.4, 0.5) is 17.1 Å². The molecule has 11 rings (SSSR count). The van der Waals surface area contributed by atoms with Crippen LogP contribution < -0.4 is 4.90 Å². The number of fused-ring (bicyclic) bond motifs is 8. The third-order valence-electron chi connectivity index (χ3n) is 10.9. The number of furan rings is 2. The molecule has 0 bridgehead atoms. The van der Waals surface area contributed by atoms with Crippen LogP contribution in [-0.2, 0) is 0 Å². The Morgan fingerprint density at radius 2 is 0.745 bits per heavy atom. The zero-order valence-corrected chi connectivity index (χ0v) is 29.8. The molecular formula is C52H33NO2. The summed E-state index contributed by atoms with van der Waals surface area (Å²) in [4.78, 5) is 2.42. The van der Waals surface area contributed by atoms with E-state index in [2.05, 4.69) is 193 Å². The third-order valence-corrected chi connectivity index (χ3v) is 10.9. The Bertz CT molecular complexity index is 3220. The molecule has 2 aromatic heterocycles. The highest BCUT2D eigenvalue weighted by molar-refractivity contribution is 6.18. The zero-order chi connectivity index (χ0) is 36.3. The van der Waals surface area contributed by atoms with Crippen molar-refractivity contribution in [3.63, 3.8) is 0 Å². The molecule has 3 heteroatoms. The van der Waals surface area contributed by atoms with Gasteiger partial charge in [0.25, 0.3) is 0 Å². The fourth-order valence-electron chi connectivity index (χ4n) is 8.41. The van der Waals surface area contributed by atoms with Gasteiger partial charge >= 0.3 is 0 Å². The van der Waals surface area contributed by atoms with E-state index in [1.807, 2.05) is 12.1 Å². The van der Waals surface area contributed by atoms with Crippen molar-refractivity contribution in [2.45, 2.75) is 0 Å². The standard InChI is InChI=1S/C52H33NO2/c1-2-16-34(17-3-1)36-19-6-10-28-46(36)53(47-29-11-7-21-38(47)41-24-14-26-43-40-23-9-13-31-49(40)54-51(41)43)48-30-12-8-22-39(48)42-25-15-27-44-45-33-32-35-18-4-5-20-37(35)50(45)55-52(42)44/h1-33H. The Morgan fingerprint density at radius 1 is 0.273 bits per heavy atom. The highest BCUT2D eigenvalue weighted by atomic mass is 16.3. The van der Waals surface area contributed by atoms with E-state index in [4.69, 9.17) is 8.83 Å². The van der Waals surface area contributed by atoms with Gasteiger partial charge in [-0.1, -0.05) is 170 Å². The summed E-state index contributed by atoms with van der Waals surface area (Å²) >= 11 is 0. The summed E-state index contributed by atoms with van der Waals surface area (Å²) in [5, 5.41) is 6.70. The zero-order valence-electron chi connectivity index (χ0n) is 29.8. The van der Waals surface area contributed by atoms with Gasteiger partial charge in [0.05, 0.1) is 17.1 Å². The largest absolute Gasteiger partial charge is 0.455 e. The molecular weight excluding hydrogens is 671 g/mol. The van der Waals surface area contributed by atoms with Gasteiger partial charge in [0, 0.05) is 54.7 Å². The molecule has 0 aliphatic carbocycles. The Labute approximate surface area is 317 Å². The van der Waals surface area contributed by atoms with Crippen molar-refractivity contribution in [3.8, 4) is 33.4 Å². The van der Waals surface area contributed by atoms with E-state index < -0.39 is 0 Å². The highest BCUT2D eigenvalue weighted by Gasteiger charge is 2.25. The average Bonchev–Trinajstić information content (AvgIpc) is 3.84. The average molecular weight is 704 g/mol. The van der Waals surface area contributed by atoms with Crippen molar-refractivity contribution in [1.82, 2.24) is 0 Å². The van der Waals surface area contributed by atoms with Crippen LogP contribution in [0.2, 0.25) is 0 Å². The van der Waals surface area contributed by atoms with Crippen molar-refractivity contribution >= 4 is 71.7 Å². The lowest BCUT2D eigenvalue weighted by Gasteiger charge is -2.31. The van der Waals surface area contributed by atoms with Crippen LogP contribution >= 0.6 is 0 Å². The van der Waals surface area contributed by atoms with Gasteiger partial charge < -0.3 is 13.7 Å². The summed E-state index contributed by atoms with van der Waals surface area (Å²) in [7, 11) is 0. The number of hydrogen-bond donors (Lipinski definition) is 0. The Kier molecular flexibility index (Phi) is 7.17. The van der Waals surface area contributed by atoms with Crippen LogP contribution in [0.25, 0.3) is 88.0 Å². The van der Waals surface area contributed by atoms with Gasteiger partial charge in [-0.2, -0.15) is 0 Å². The van der Waals surface area contributed by atoms with Crippen LogP contribution in [0.15, 0.2) is 209 Å². The maximum Gasteiger partial charge on any atom is 0.143 e. The molecule has 0 saturated carbocycles. The van der Waals surface area contributed by atoms with Crippen LogP contribution in [0.5, 0.6) is 0 Å². The minimum Gasteiger partial charge on any atom is -0.455 e. The molecule has 2 heterocycles. The number of para-hydroxylation sites is 6. The molecule has 0 spiro atoms. The van der Waals surface area contributed by atoms with Crippen LogP contribution in [0.1, 0.15) is 0 Å². The summed E-state index contributed by atoms with van der Waals surface area (Å²) in [6.07, 6.45) is 0. The van der Waals surface area contributed by atoms with Gasteiger partial charge in [-0.25, -0.2) is 0 Å². The van der Waals surface area contributed by atoms with Crippen molar-refractivity contribution in [1.29, 1.82) is 0 Å². The first-order valence-corrected chi connectivity index (χ1v) is 18.7. The summed E-state index contributed by atoms with van der Waals surface area (Å²) in [5.41, 5.74) is 13.1. The van der Waals surface area contributed by atoms with Crippen molar-refractivity contribution in [2.24, 2.45) is 0 Å². The Balaban J connectivity index is 1.20. The van der Waals surface area contributed by atoms with Crippen molar-refractivity contribution in [2.75, 3.05) is 4.90 Å². The number of rotatable bonds is 6. The van der Waals surface area contributed by atoms with Crippen molar-refractivity contribution in [3.05, 3.63) is 200 Å². The van der Waals surface area contributed by atoms with E-state index in [0.717, 1.165) is 105 Å². The summed E-state index contributed by atoms with van der Waals surface area (Å²) in [6, 6.07) is 70.8. The molecule has 0 aliphatic heterocycles. The Morgan fingerprint density at radius 3 is 1.45 bits per heavy atom. The topological polar surface area (TPSA) is 29.5 Å². The SMILES string of the molecule is c1ccc(-c2ccccc2N(c2ccccc2-c2cccc3c2oc2ccccc23)c2ccccc2-c2cccc3c2oc2c4ccccc4ccc32)cc1. The number of benzene rings is 9. The predicted octanol–water partition coefficient (Wildman–Crippen LogP) is 15.1. The predicted molar refractivity (Wildman–Crippen MR) is 229 cm³/mol. The normalized spacial score (nSPS) is 11.6. The van der Waals surface area contributed by atoms with Crippen LogP contribution in [0.3, 0.4) is 0 Å². The molecule has 0 N–H and O–H groups in total. The second kappa shape index (κ2) is 12.6. The first-order chi connectivity index (χ1) is 27.3. The lowest BCUT2D eigenvalue weighted by molar-refractivity contribution is 0.670. The third kappa shape index (κ3) is 4.98. The molecule has 0 amide bonds. The summed E-state index contributed by atoms with van der Waals surface area (Å²) in [5.74, 6) is 0. The molecule has 55 heavy (non-hydrogen) atoms. The number of anilines is 3. The second-order valence-electron chi connectivity index (χ2n) is 14.0. The maximum atomic E-state index is 6.93. The molecule has 3 nitrogen and oxygen atoms in total. The van der Waals surface area contributed by atoms with E-state index in [9.17, 15) is 0 Å². The van der Waals surface area contributed by atoms with Gasteiger partial charge in [0.2, 0.25) is 0 Å². The fraction of sp³-hybridized carbons (Fsp3) is 0. The molecule has 11 aromatic rings. The molecule has 0 fully saturated rings. The minimum absolute atomic E-state index is 0.873. The highest BCUT2D eigenvalue weighted by Crippen LogP contribution is 2.50. The quantitative estimate of drug-likeness (QED) is 0.173. The lowest BCUT2D eigenvalue weighted by Crippen LogP contribution is -2.13. The first kappa shape index (κ1) is 31.2. The Hall–Kier alpha value is -7.36. The molecule has 0 unspecified atom stereocenters. The van der Waals surface area contributed by atoms with E-state index >= 15 is 0 Å². The van der Waals surface area contributed by atoms with Crippen LogP contribution in [0, 0.1) is 0 Å². The maximum absolute atomic E-state index is 6.93. The molecule has 0 atom stereocenters. The second-order valence-corrected chi connectivity index (χ2v) is 14.0. The molecule has 9 aromatic carbocycles. The first-order valence-electron chi connectivity index (χ1n) is 18.7. The van der Waals surface area contributed by atoms with E-state index in [1.54, 1.807) is 0 Å². The van der Waals surface area contributed by atoms with E-state index in [0.29, 0.717) is 0 Å². The number of hydrogen-bond acceptors (Lipinski definition) is 3. The van der Waals surface area contributed by atoms with Gasteiger partial charge in [0.15, 0.2) is 0 Å². The van der Waals surface area contributed by atoms with E-state index in [-0.39, 0.29) is 0 Å². The molecule has 0 aliphatic rings. The molecule has 258 valence electrons. The van der Waals surface area contributed by atoms with Gasteiger partial charge in [-0.05, 0) is 41.3 Å². The van der Waals surface area contributed by atoms with E-state index in [1.165, 1.54) is 0 Å². The minimum atomic E-state index is 0.873. The summed E-state index contributed by atoms with van der Waals surface area (Å²) < 4.78 is 13.6. The van der Waals surface area contributed by atoms with Gasteiger partial charge in [-0.3, -0.25) is 0 Å². The smallest absolute Gasteiger partial charge is 0.143 e. The van der Waals surface area contributed by atoms with Crippen LogP contribution in [-0.4, -0.2) is 0 Å². The molecule has 0 saturated heterocycles. The lowest BCUT2D eigenvalue weighted by atomic mass is 9.95. The van der Waals surface area contributed by atoms with Gasteiger partial charge in [-0.15, -0.1) is 0 Å². The molecule has 0 radical (unpaired) electrons. The number of nitrogens with zero attached hydrogens (tertiary/aromatic N) is 1. The van der Waals surface area contributed by atoms with Crippen molar-refractivity contribution < 1.29 is 8.83 Å². The fourth-order valence-corrected chi connectivity index (χ4v) is 8.41. The monoisotopic (exact) mass is 703 g/mol. The summed E-state index contributed by atoms with van der Waals surface area (Å²) in [6.45, 7) is 0. The van der Waals surface area contributed by atoms with Gasteiger partial charge in [0.1, 0.15) is 22.3 Å².